The van der Waals surface area contributed by atoms with E-state index in [0.717, 1.165) is 23.2 Å². The number of rotatable bonds is 8. The van der Waals surface area contributed by atoms with Crippen molar-refractivity contribution >= 4 is 23.2 Å². The molecule has 140 valence electrons. The molecule has 7 nitrogen and oxygen atoms in total. The highest BCUT2D eigenvalue weighted by atomic mass is 32.1. The van der Waals surface area contributed by atoms with Gasteiger partial charge in [-0.25, -0.2) is 4.98 Å². The van der Waals surface area contributed by atoms with Crippen molar-refractivity contribution in [2.24, 2.45) is 5.73 Å². The molecule has 2 amide bonds. The molecule has 0 saturated carbocycles. The lowest BCUT2D eigenvalue weighted by Crippen LogP contribution is -2.25. The molecule has 0 spiro atoms. The van der Waals surface area contributed by atoms with E-state index in [0.29, 0.717) is 18.7 Å². The molecular weight excluding hydrogens is 362 g/mol. The second-order valence-electron chi connectivity index (χ2n) is 6.16. The fourth-order valence-corrected chi connectivity index (χ4v) is 3.44. The molecule has 0 atom stereocenters. The summed E-state index contributed by atoms with van der Waals surface area (Å²) in [5, 5.41) is 7.18. The van der Waals surface area contributed by atoms with Crippen LogP contribution in [0.2, 0.25) is 0 Å². The summed E-state index contributed by atoms with van der Waals surface area (Å²) >= 11 is 1.60. The fourth-order valence-electron chi connectivity index (χ4n) is 2.66. The zero-order chi connectivity index (χ0) is 19.2. The quantitative estimate of drug-likeness (QED) is 0.622. The number of carbonyl (C=O) groups is 2. The summed E-state index contributed by atoms with van der Waals surface area (Å²) < 4.78 is 1.67. The Kier molecular flexibility index (Phi) is 5.97. The molecule has 3 rings (SSSR count). The van der Waals surface area contributed by atoms with Crippen LogP contribution in [-0.4, -0.2) is 33.1 Å². The van der Waals surface area contributed by atoms with Crippen molar-refractivity contribution in [1.82, 2.24) is 20.1 Å². The number of hydrogen-bond donors (Lipinski definition) is 2. The Hall–Kier alpha value is -3.00. The molecule has 8 heteroatoms. The molecule has 0 radical (unpaired) electrons. The van der Waals surface area contributed by atoms with Gasteiger partial charge in [0.05, 0.1) is 17.4 Å². The number of nitrogens with zero attached hydrogens (tertiary/aromatic N) is 3. The Morgan fingerprint density at radius 2 is 2.15 bits per heavy atom. The van der Waals surface area contributed by atoms with E-state index in [2.05, 4.69) is 15.4 Å². The lowest BCUT2D eigenvalue weighted by molar-refractivity contribution is -0.118. The van der Waals surface area contributed by atoms with Crippen LogP contribution in [0.15, 0.2) is 42.2 Å². The summed E-state index contributed by atoms with van der Waals surface area (Å²) in [6.45, 7) is 2.98. The molecule has 2 aromatic heterocycles. The van der Waals surface area contributed by atoms with Gasteiger partial charge in [-0.3, -0.25) is 14.3 Å². The van der Waals surface area contributed by atoms with E-state index >= 15 is 0 Å². The minimum atomic E-state index is -0.362. The van der Waals surface area contributed by atoms with E-state index in [4.69, 9.17) is 5.73 Å². The number of benzene rings is 1. The van der Waals surface area contributed by atoms with Gasteiger partial charge >= 0.3 is 0 Å². The van der Waals surface area contributed by atoms with Crippen molar-refractivity contribution in [1.29, 1.82) is 0 Å². The van der Waals surface area contributed by atoms with Gasteiger partial charge in [-0.2, -0.15) is 5.10 Å². The molecule has 0 unspecified atom stereocenters. The molecule has 3 N–H and O–H groups in total. The van der Waals surface area contributed by atoms with Gasteiger partial charge in [0.15, 0.2) is 0 Å². The maximum Gasteiger partial charge on any atom is 0.251 e. The molecule has 27 heavy (non-hydrogen) atoms. The van der Waals surface area contributed by atoms with E-state index in [9.17, 15) is 9.59 Å². The van der Waals surface area contributed by atoms with Gasteiger partial charge in [-0.05, 0) is 24.6 Å². The smallest absolute Gasteiger partial charge is 0.251 e. The van der Waals surface area contributed by atoms with Gasteiger partial charge in [0.1, 0.15) is 0 Å². The second kappa shape index (κ2) is 8.59. The van der Waals surface area contributed by atoms with Crippen molar-refractivity contribution in [2.45, 2.75) is 26.3 Å². The number of primary amides is 1. The van der Waals surface area contributed by atoms with Crippen LogP contribution in [0.4, 0.5) is 0 Å². The molecule has 0 aliphatic heterocycles. The van der Waals surface area contributed by atoms with E-state index in [1.165, 1.54) is 4.88 Å². The van der Waals surface area contributed by atoms with E-state index in [-0.39, 0.29) is 18.2 Å². The zero-order valence-corrected chi connectivity index (χ0v) is 15.8. The third-order valence-electron chi connectivity index (χ3n) is 4.16. The molecule has 1 aromatic carbocycles. The predicted molar refractivity (Wildman–Crippen MR) is 104 cm³/mol. The average Bonchev–Trinajstić information content (AvgIpc) is 3.29. The Balaban J connectivity index is 1.62. The first-order chi connectivity index (χ1) is 13.0. The first kappa shape index (κ1) is 18.8. The highest BCUT2D eigenvalue weighted by Gasteiger charge is 2.09. The van der Waals surface area contributed by atoms with E-state index in [1.54, 1.807) is 28.3 Å². The molecule has 0 saturated heterocycles. The molecule has 3 aromatic rings. The van der Waals surface area contributed by atoms with Crippen LogP contribution in [0.3, 0.4) is 0 Å². The van der Waals surface area contributed by atoms with E-state index < -0.39 is 0 Å². The van der Waals surface area contributed by atoms with Gasteiger partial charge in [0, 0.05) is 48.1 Å². The van der Waals surface area contributed by atoms with Gasteiger partial charge in [0.2, 0.25) is 5.91 Å². The van der Waals surface area contributed by atoms with Crippen molar-refractivity contribution < 1.29 is 9.59 Å². The number of aryl methyl sites for hydroxylation is 2. The Labute approximate surface area is 161 Å². The average molecular weight is 383 g/mol. The van der Waals surface area contributed by atoms with Crippen molar-refractivity contribution in [3.8, 4) is 11.1 Å². The SMILES string of the molecule is Cc1ncsc1CCNC(=O)c1cccc(-c2cnn(CCC(N)=O)c2)c1. The van der Waals surface area contributed by atoms with Gasteiger partial charge in [-0.1, -0.05) is 12.1 Å². The van der Waals surface area contributed by atoms with Crippen LogP contribution in [0, 0.1) is 6.92 Å². The van der Waals surface area contributed by atoms with Crippen LogP contribution in [-0.2, 0) is 17.8 Å². The lowest BCUT2D eigenvalue weighted by Gasteiger charge is -2.06. The predicted octanol–water partition coefficient (Wildman–Crippen LogP) is 2.16. The van der Waals surface area contributed by atoms with Crippen molar-refractivity contribution in [3.05, 3.63) is 58.3 Å². The largest absolute Gasteiger partial charge is 0.370 e. The Morgan fingerprint density at radius 1 is 1.30 bits per heavy atom. The molecular formula is C19H21N5O2S. The highest BCUT2D eigenvalue weighted by molar-refractivity contribution is 7.09. The standard InChI is InChI=1S/C19H21N5O2S/c1-13-17(27-12-22-13)5-7-21-19(26)15-4-2-3-14(9-15)16-10-23-24(11-16)8-6-18(20)25/h2-4,9-12H,5-8H2,1H3,(H2,20,25)(H,21,26). The number of aromatic nitrogens is 3. The monoisotopic (exact) mass is 383 g/mol. The first-order valence-corrected chi connectivity index (χ1v) is 9.49. The minimum absolute atomic E-state index is 0.111. The van der Waals surface area contributed by atoms with Gasteiger partial charge in [0.25, 0.3) is 5.91 Å². The summed E-state index contributed by atoms with van der Waals surface area (Å²) in [5.74, 6) is -0.473. The van der Waals surface area contributed by atoms with Crippen LogP contribution >= 0.6 is 11.3 Å². The van der Waals surface area contributed by atoms with Crippen LogP contribution in [0.25, 0.3) is 11.1 Å². The van der Waals surface area contributed by atoms with E-state index in [1.807, 2.05) is 36.8 Å². The molecule has 0 aliphatic carbocycles. The number of thiazole rings is 1. The number of amides is 2. The summed E-state index contributed by atoms with van der Waals surface area (Å²) in [6, 6.07) is 7.39. The minimum Gasteiger partial charge on any atom is -0.370 e. The van der Waals surface area contributed by atoms with Crippen LogP contribution in [0.5, 0.6) is 0 Å². The number of nitrogens with one attached hydrogen (secondary N) is 1. The van der Waals surface area contributed by atoms with Crippen LogP contribution in [0.1, 0.15) is 27.3 Å². The molecule has 2 heterocycles. The van der Waals surface area contributed by atoms with Crippen molar-refractivity contribution in [2.75, 3.05) is 6.54 Å². The van der Waals surface area contributed by atoms with Crippen molar-refractivity contribution in [3.63, 3.8) is 0 Å². The fraction of sp³-hybridized carbons (Fsp3) is 0.263. The summed E-state index contributed by atoms with van der Waals surface area (Å²) in [7, 11) is 0. The number of carbonyl (C=O) groups excluding carboxylic acids is 2. The van der Waals surface area contributed by atoms with Gasteiger partial charge < -0.3 is 11.1 Å². The zero-order valence-electron chi connectivity index (χ0n) is 15.0. The molecule has 0 aliphatic rings. The Morgan fingerprint density at radius 3 is 2.89 bits per heavy atom. The van der Waals surface area contributed by atoms with Gasteiger partial charge in [-0.15, -0.1) is 11.3 Å². The summed E-state index contributed by atoms with van der Waals surface area (Å²) in [4.78, 5) is 28.7. The second-order valence-corrected chi connectivity index (χ2v) is 7.10. The maximum atomic E-state index is 12.4. The third-order valence-corrected chi connectivity index (χ3v) is 5.16. The summed E-state index contributed by atoms with van der Waals surface area (Å²) in [5.41, 5.74) is 10.4. The Bertz CT molecular complexity index is 947. The summed E-state index contributed by atoms with van der Waals surface area (Å²) in [6.07, 6.45) is 4.56. The topological polar surface area (TPSA) is 103 Å². The first-order valence-electron chi connectivity index (χ1n) is 8.61. The number of hydrogen-bond acceptors (Lipinski definition) is 5. The molecule has 0 bridgehead atoms. The lowest BCUT2D eigenvalue weighted by atomic mass is 10.1. The molecule has 0 fully saturated rings. The normalized spacial score (nSPS) is 10.7. The maximum absolute atomic E-state index is 12.4. The number of nitrogens with two attached hydrogens (primary N) is 1. The highest BCUT2D eigenvalue weighted by Crippen LogP contribution is 2.20. The van der Waals surface area contributed by atoms with Crippen LogP contribution < -0.4 is 11.1 Å². The third kappa shape index (κ3) is 5.01.